The molecule has 0 fully saturated rings. The molecule has 0 aliphatic rings. The molecule has 0 bridgehead atoms. The van der Waals surface area contributed by atoms with E-state index < -0.39 is 11.9 Å². The zero-order valence-corrected chi connectivity index (χ0v) is 15.1. The van der Waals surface area contributed by atoms with Crippen LogP contribution >= 0.6 is 11.6 Å². The highest BCUT2D eigenvalue weighted by molar-refractivity contribution is 6.36. The largest absolute Gasteiger partial charge is 0.462 e. The van der Waals surface area contributed by atoms with Crippen LogP contribution in [0.5, 0.6) is 0 Å². The van der Waals surface area contributed by atoms with Gasteiger partial charge in [-0.05, 0) is 32.9 Å². The number of esters is 2. The summed E-state index contributed by atoms with van der Waals surface area (Å²) in [5.74, 6) is -1.95. The second-order valence-electron chi connectivity index (χ2n) is 4.67. The molecule has 0 heterocycles. The monoisotopic (exact) mass is 368 g/mol. The topological polar surface area (TPSA) is 93.7 Å². The lowest BCUT2D eigenvalue weighted by Gasteiger charge is -2.11. The summed E-state index contributed by atoms with van der Waals surface area (Å²) in [7, 11) is 0. The molecular weight excluding hydrogens is 348 g/mol. The summed E-state index contributed by atoms with van der Waals surface area (Å²) < 4.78 is 9.68. The predicted octanol–water partition coefficient (Wildman–Crippen LogP) is 2.51. The van der Waals surface area contributed by atoms with E-state index in [-0.39, 0.29) is 35.3 Å². The highest BCUT2D eigenvalue weighted by Gasteiger charge is 2.21. The third kappa shape index (κ3) is 5.79. The molecule has 1 amide bonds. The molecule has 1 aromatic rings. The fourth-order valence-electron chi connectivity index (χ4n) is 1.84. The maximum absolute atomic E-state index is 12.0. The fourth-order valence-corrected chi connectivity index (χ4v) is 2.11. The van der Waals surface area contributed by atoms with Crippen molar-refractivity contribution >= 4 is 35.1 Å². The van der Waals surface area contributed by atoms with Gasteiger partial charge in [-0.15, -0.1) is 0 Å². The maximum Gasteiger partial charge on any atom is 0.347 e. The summed E-state index contributed by atoms with van der Waals surface area (Å²) in [6.07, 6.45) is 1.15. The molecule has 0 saturated heterocycles. The van der Waals surface area contributed by atoms with Crippen molar-refractivity contribution in [3.8, 4) is 0 Å². The molecule has 0 aliphatic heterocycles. The van der Waals surface area contributed by atoms with Gasteiger partial charge in [0.2, 0.25) is 0 Å². The van der Waals surface area contributed by atoms with Crippen LogP contribution in [-0.2, 0) is 19.1 Å². The molecule has 8 heteroatoms. The summed E-state index contributed by atoms with van der Waals surface area (Å²) in [6.45, 7) is 5.73. The van der Waals surface area contributed by atoms with Crippen LogP contribution < -0.4 is 10.6 Å². The van der Waals surface area contributed by atoms with E-state index in [1.807, 2.05) is 0 Å². The number of nitrogens with one attached hydrogen (secondary N) is 2. The van der Waals surface area contributed by atoms with E-state index in [0.717, 1.165) is 6.20 Å². The Kier molecular flexibility index (Phi) is 8.49. The number of hydrogen-bond donors (Lipinski definition) is 2. The minimum atomic E-state index is -0.815. The van der Waals surface area contributed by atoms with Gasteiger partial charge in [0, 0.05) is 12.7 Å². The highest BCUT2D eigenvalue weighted by Crippen LogP contribution is 2.26. The lowest BCUT2D eigenvalue weighted by molar-refractivity contribution is -0.146. The zero-order valence-electron chi connectivity index (χ0n) is 14.3. The van der Waals surface area contributed by atoms with Crippen LogP contribution in [0.4, 0.5) is 5.69 Å². The molecule has 2 N–H and O–H groups in total. The van der Waals surface area contributed by atoms with E-state index in [1.165, 1.54) is 0 Å². The van der Waals surface area contributed by atoms with E-state index in [1.54, 1.807) is 39.0 Å². The Balaban J connectivity index is 3.10. The second kappa shape index (κ2) is 10.4. The van der Waals surface area contributed by atoms with Crippen molar-refractivity contribution < 1.29 is 23.9 Å². The van der Waals surface area contributed by atoms with E-state index in [0.29, 0.717) is 12.2 Å². The number of amides is 1. The number of hydrogen-bond acceptors (Lipinski definition) is 6. The molecular formula is C17H21ClN2O5. The van der Waals surface area contributed by atoms with Crippen LogP contribution in [0.3, 0.4) is 0 Å². The van der Waals surface area contributed by atoms with Crippen molar-refractivity contribution in [2.45, 2.75) is 20.8 Å². The van der Waals surface area contributed by atoms with Gasteiger partial charge < -0.3 is 20.1 Å². The minimum Gasteiger partial charge on any atom is -0.462 e. The maximum atomic E-state index is 12.0. The van der Waals surface area contributed by atoms with Gasteiger partial charge in [0.05, 0.1) is 29.5 Å². The first-order valence-corrected chi connectivity index (χ1v) is 8.21. The van der Waals surface area contributed by atoms with Crippen molar-refractivity contribution in [2.75, 3.05) is 25.1 Å². The molecule has 0 aromatic heterocycles. The summed E-state index contributed by atoms with van der Waals surface area (Å²) in [5, 5.41) is 5.57. The summed E-state index contributed by atoms with van der Waals surface area (Å²) in [6, 6.07) is 4.80. The van der Waals surface area contributed by atoms with Gasteiger partial charge in [0.15, 0.2) is 5.57 Å². The molecule has 0 aliphatic carbocycles. The number of anilines is 1. The smallest absolute Gasteiger partial charge is 0.347 e. The Labute approximate surface area is 151 Å². The van der Waals surface area contributed by atoms with Crippen LogP contribution in [-0.4, -0.2) is 37.6 Å². The number of rotatable bonds is 8. The number of carbonyl (C=O) groups is 3. The van der Waals surface area contributed by atoms with E-state index >= 15 is 0 Å². The van der Waals surface area contributed by atoms with Crippen molar-refractivity contribution in [1.82, 2.24) is 5.32 Å². The number of benzene rings is 1. The molecule has 7 nitrogen and oxygen atoms in total. The number of ether oxygens (including phenoxy) is 2. The average molecular weight is 369 g/mol. The van der Waals surface area contributed by atoms with Crippen LogP contribution in [0.2, 0.25) is 5.02 Å². The molecule has 1 rings (SSSR count). The molecule has 0 atom stereocenters. The van der Waals surface area contributed by atoms with E-state index in [9.17, 15) is 14.4 Å². The van der Waals surface area contributed by atoms with Gasteiger partial charge >= 0.3 is 11.9 Å². The average Bonchev–Trinajstić information content (AvgIpc) is 2.57. The third-order valence-corrected chi connectivity index (χ3v) is 3.35. The van der Waals surface area contributed by atoms with Crippen LogP contribution in [0.25, 0.3) is 0 Å². The first-order valence-electron chi connectivity index (χ1n) is 7.83. The Morgan fingerprint density at radius 2 is 1.68 bits per heavy atom. The van der Waals surface area contributed by atoms with Crippen LogP contribution in [0.15, 0.2) is 30.0 Å². The van der Waals surface area contributed by atoms with Crippen molar-refractivity contribution in [1.29, 1.82) is 0 Å². The molecule has 0 unspecified atom stereocenters. The molecule has 25 heavy (non-hydrogen) atoms. The third-order valence-electron chi connectivity index (χ3n) is 2.94. The van der Waals surface area contributed by atoms with Gasteiger partial charge in [-0.25, -0.2) is 9.59 Å². The minimum absolute atomic E-state index is 0.114. The number of carbonyl (C=O) groups excluding carboxylic acids is 3. The summed E-state index contributed by atoms with van der Waals surface area (Å²) >= 11 is 6.22. The lowest BCUT2D eigenvalue weighted by atomic mass is 10.2. The lowest BCUT2D eigenvalue weighted by Crippen LogP contribution is -2.23. The standard InChI is InChI=1S/C17H21ClN2O5/c1-4-19-15(21)11-8-7-9-13(14(11)18)20-10-12(16(22)24-5-2)17(23)25-6-3/h7-10,20H,4-6H2,1-3H3,(H,19,21). The first-order chi connectivity index (χ1) is 12.0. The SMILES string of the molecule is CCNC(=O)c1cccc(NC=C(C(=O)OCC)C(=O)OCC)c1Cl. The predicted molar refractivity (Wildman–Crippen MR) is 94.4 cm³/mol. The molecule has 0 spiro atoms. The highest BCUT2D eigenvalue weighted by atomic mass is 35.5. The molecule has 1 aromatic carbocycles. The second-order valence-corrected chi connectivity index (χ2v) is 5.05. The molecule has 136 valence electrons. The summed E-state index contributed by atoms with van der Waals surface area (Å²) in [5.41, 5.74) is 0.329. The van der Waals surface area contributed by atoms with Crippen molar-refractivity contribution in [3.05, 3.63) is 40.6 Å². The Morgan fingerprint density at radius 3 is 2.20 bits per heavy atom. The van der Waals surface area contributed by atoms with Gasteiger partial charge in [-0.1, -0.05) is 17.7 Å². The van der Waals surface area contributed by atoms with Gasteiger partial charge in [-0.2, -0.15) is 0 Å². The Bertz CT molecular complexity index is 653. The number of halogens is 1. The van der Waals surface area contributed by atoms with Gasteiger partial charge in [0.1, 0.15) is 0 Å². The quantitative estimate of drug-likeness (QED) is 0.317. The van der Waals surface area contributed by atoms with Crippen LogP contribution in [0.1, 0.15) is 31.1 Å². The van der Waals surface area contributed by atoms with Crippen LogP contribution in [0, 0.1) is 0 Å². The van der Waals surface area contributed by atoms with E-state index in [4.69, 9.17) is 21.1 Å². The van der Waals surface area contributed by atoms with Gasteiger partial charge in [0.25, 0.3) is 5.91 Å². The Hall–Kier alpha value is -2.54. The van der Waals surface area contributed by atoms with Crippen molar-refractivity contribution in [2.24, 2.45) is 0 Å². The van der Waals surface area contributed by atoms with Crippen molar-refractivity contribution in [3.63, 3.8) is 0 Å². The molecule has 0 saturated carbocycles. The van der Waals surface area contributed by atoms with Gasteiger partial charge in [-0.3, -0.25) is 4.79 Å². The Morgan fingerprint density at radius 1 is 1.08 bits per heavy atom. The summed E-state index contributed by atoms with van der Waals surface area (Å²) in [4.78, 5) is 35.8. The van der Waals surface area contributed by atoms with E-state index in [2.05, 4.69) is 10.6 Å². The normalized spacial score (nSPS) is 9.76. The molecule has 0 radical (unpaired) electrons. The first kappa shape index (κ1) is 20.5. The zero-order chi connectivity index (χ0) is 18.8. The fraction of sp³-hybridized carbons (Fsp3) is 0.353.